The third kappa shape index (κ3) is 2.72. The molecule has 5 heteroatoms. The van der Waals surface area contributed by atoms with Gasteiger partial charge in [0, 0.05) is 0 Å². The van der Waals surface area contributed by atoms with Crippen molar-refractivity contribution in [1.29, 1.82) is 0 Å². The van der Waals surface area contributed by atoms with Gasteiger partial charge >= 0.3 is 67.4 Å². The van der Waals surface area contributed by atoms with Gasteiger partial charge in [-0.15, -0.1) is 0 Å². The normalized spacial score (nSPS) is 40.7. The van der Waals surface area contributed by atoms with Gasteiger partial charge in [-0.3, -0.25) is 0 Å². The first kappa shape index (κ1) is 8.28. The molecule has 0 amide bonds. The van der Waals surface area contributed by atoms with Crippen molar-refractivity contribution >= 4 is 33.5 Å². The molecule has 0 saturated carbocycles. The number of rotatable bonds is 0. The molecule has 0 aliphatic carbocycles. The molecule has 1 aliphatic heterocycles. The van der Waals surface area contributed by atoms with E-state index in [1.54, 1.807) is 20.0 Å². The van der Waals surface area contributed by atoms with E-state index in [2.05, 4.69) is 0 Å². The third-order valence-corrected chi connectivity index (χ3v) is 8.72. The van der Waals surface area contributed by atoms with E-state index in [9.17, 15) is 0 Å². The molecule has 2 N–H and O–H groups in total. The van der Waals surface area contributed by atoms with Gasteiger partial charge in [-0.05, 0) is 0 Å². The first-order valence-corrected chi connectivity index (χ1v) is 9.09. The van der Waals surface area contributed by atoms with E-state index in [4.69, 9.17) is 10.2 Å². The molecular formula is C4H8AsO2S2. The van der Waals surface area contributed by atoms with Crippen molar-refractivity contribution in [2.45, 2.75) is 12.2 Å². The fourth-order valence-electron chi connectivity index (χ4n) is 0.473. The molecule has 9 heavy (non-hydrogen) atoms. The van der Waals surface area contributed by atoms with Crippen LogP contribution in [0.4, 0.5) is 0 Å². The molecule has 1 radical (unpaired) electrons. The molecule has 0 aromatic carbocycles. The molecule has 1 heterocycles. The average molecular weight is 227 g/mol. The summed E-state index contributed by atoms with van der Waals surface area (Å²) < 4.78 is 0. The number of hydrogen-bond acceptors (Lipinski definition) is 4. The van der Waals surface area contributed by atoms with Gasteiger partial charge in [-0.2, -0.15) is 0 Å². The van der Waals surface area contributed by atoms with Crippen molar-refractivity contribution in [1.82, 2.24) is 0 Å². The van der Waals surface area contributed by atoms with Gasteiger partial charge in [0.25, 0.3) is 0 Å². The van der Waals surface area contributed by atoms with Gasteiger partial charge in [0.15, 0.2) is 0 Å². The minimum atomic E-state index is -0.486. The van der Waals surface area contributed by atoms with Crippen LogP contribution in [-0.2, 0) is 0 Å². The van der Waals surface area contributed by atoms with Gasteiger partial charge in [0.05, 0.1) is 0 Å². The first-order valence-electron chi connectivity index (χ1n) is 2.61. The molecule has 0 bridgehead atoms. The van der Waals surface area contributed by atoms with Gasteiger partial charge in [0.2, 0.25) is 0 Å². The zero-order valence-corrected chi connectivity index (χ0v) is 8.24. The first-order chi connectivity index (χ1) is 4.30. The summed E-state index contributed by atoms with van der Waals surface area (Å²) in [5.74, 6) is 1.43. The van der Waals surface area contributed by atoms with Gasteiger partial charge in [-0.1, -0.05) is 0 Å². The molecule has 2 unspecified atom stereocenters. The fourth-order valence-corrected chi connectivity index (χ4v) is 7.64. The van der Waals surface area contributed by atoms with Crippen LogP contribution in [-0.4, -0.2) is 47.4 Å². The molecule has 1 fully saturated rings. The summed E-state index contributed by atoms with van der Waals surface area (Å²) in [6.07, 6.45) is -0.972. The Balaban J connectivity index is 2.32. The van der Waals surface area contributed by atoms with Crippen molar-refractivity contribution < 1.29 is 10.2 Å². The van der Waals surface area contributed by atoms with Crippen molar-refractivity contribution in [2.75, 3.05) is 11.5 Å². The fraction of sp³-hybridized carbons (Fsp3) is 1.00. The number of aliphatic hydroxyl groups excluding tert-OH is 2. The predicted octanol–water partition coefficient (Wildman–Crippen LogP) is -0.278. The topological polar surface area (TPSA) is 40.5 Å². The molecule has 2 nitrogen and oxygen atoms in total. The summed E-state index contributed by atoms with van der Waals surface area (Å²) in [6.45, 7) is 0. The van der Waals surface area contributed by atoms with Crippen LogP contribution in [0.25, 0.3) is 0 Å². The second kappa shape index (κ2) is 4.14. The maximum atomic E-state index is 9.09. The van der Waals surface area contributed by atoms with Crippen LogP contribution in [0.5, 0.6) is 0 Å². The predicted molar refractivity (Wildman–Crippen MR) is 42.7 cm³/mol. The standard InChI is InChI=1S/C4H8AsO2S2/c6-3-1-8-5-9-2-4(3)7/h3-4,6-7H,1-2H2. The third-order valence-electron chi connectivity index (χ3n) is 1.04. The maximum absolute atomic E-state index is 9.09. The van der Waals surface area contributed by atoms with E-state index in [1.807, 2.05) is 0 Å². The summed E-state index contributed by atoms with van der Waals surface area (Å²) >= 11 is 0.271. The van der Waals surface area contributed by atoms with Gasteiger partial charge in [0.1, 0.15) is 0 Å². The Morgan fingerprint density at radius 2 is 1.56 bits per heavy atom. The SMILES string of the molecule is OC1CS[As]SCC1O. The van der Waals surface area contributed by atoms with Crippen LogP contribution >= 0.6 is 20.0 Å². The summed E-state index contributed by atoms with van der Waals surface area (Å²) in [6, 6.07) is 0. The minimum absolute atomic E-state index is 0.271. The Morgan fingerprint density at radius 1 is 1.11 bits per heavy atom. The van der Waals surface area contributed by atoms with Crippen molar-refractivity contribution in [3.8, 4) is 0 Å². The van der Waals surface area contributed by atoms with Crippen LogP contribution in [0.3, 0.4) is 0 Å². The average Bonchev–Trinajstić information content (AvgIpc) is 1.99. The molecule has 1 rings (SSSR count). The summed E-state index contributed by atoms with van der Waals surface area (Å²) in [7, 11) is 3.55. The molecular weight excluding hydrogens is 219 g/mol. The monoisotopic (exact) mass is 227 g/mol. The number of hydrogen-bond donors (Lipinski definition) is 2. The van der Waals surface area contributed by atoms with Crippen LogP contribution in [0, 0.1) is 0 Å². The van der Waals surface area contributed by atoms with Crippen LogP contribution < -0.4 is 0 Å². The number of aliphatic hydroxyl groups is 2. The Kier molecular flexibility index (Phi) is 3.81. The molecule has 1 aliphatic rings. The zero-order valence-electron chi connectivity index (χ0n) is 4.73. The zero-order chi connectivity index (χ0) is 6.69. The summed E-state index contributed by atoms with van der Waals surface area (Å²) in [4.78, 5) is 0. The van der Waals surface area contributed by atoms with E-state index in [1.165, 1.54) is 0 Å². The summed E-state index contributed by atoms with van der Waals surface area (Å²) in [5.41, 5.74) is 0. The van der Waals surface area contributed by atoms with Gasteiger partial charge in [-0.25, -0.2) is 0 Å². The molecule has 53 valence electrons. The summed E-state index contributed by atoms with van der Waals surface area (Å²) in [5, 5.41) is 18.2. The Hall–Kier alpha value is 1.18. The van der Waals surface area contributed by atoms with Crippen LogP contribution in [0.15, 0.2) is 0 Å². The van der Waals surface area contributed by atoms with Gasteiger partial charge < -0.3 is 0 Å². The van der Waals surface area contributed by atoms with E-state index in [-0.39, 0.29) is 13.4 Å². The molecule has 0 aromatic rings. The molecule has 2 atom stereocenters. The Bertz CT molecular complexity index is 82.6. The van der Waals surface area contributed by atoms with E-state index in [0.29, 0.717) is 11.5 Å². The Labute approximate surface area is 67.4 Å². The van der Waals surface area contributed by atoms with Crippen molar-refractivity contribution in [2.24, 2.45) is 0 Å². The van der Waals surface area contributed by atoms with Crippen molar-refractivity contribution in [3.63, 3.8) is 0 Å². The van der Waals surface area contributed by atoms with E-state index >= 15 is 0 Å². The molecule has 0 spiro atoms. The second-order valence-corrected chi connectivity index (χ2v) is 9.65. The second-order valence-electron chi connectivity index (χ2n) is 1.80. The van der Waals surface area contributed by atoms with Crippen molar-refractivity contribution in [3.05, 3.63) is 0 Å². The van der Waals surface area contributed by atoms with Crippen LogP contribution in [0.1, 0.15) is 0 Å². The van der Waals surface area contributed by atoms with E-state index in [0.717, 1.165) is 0 Å². The quantitative estimate of drug-likeness (QED) is 0.558. The molecule has 0 aromatic heterocycles. The molecule has 1 saturated heterocycles. The van der Waals surface area contributed by atoms with E-state index < -0.39 is 12.2 Å². The van der Waals surface area contributed by atoms with Crippen LogP contribution in [0.2, 0.25) is 0 Å². The Morgan fingerprint density at radius 3 is 2.00 bits per heavy atom.